The Kier molecular flexibility index (Phi) is 5.94. The molecule has 1 N–H and O–H groups in total. The van der Waals surface area contributed by atoms with E-state index in [0.29, 0.717) is 11.9 Å². The number of nitrogens with one attached hydrogen (secondary N) is 1. The van der Waals surface area contributed by atoms with Crippen LogP contribution in [0.5, 0.6) is 0 Å². The number of likely N-dealkylation sites (tertiary alicyclic amines) is 1. The van der Waals surface area contributed by atoms with E-state index in [0.717, 1.165) is 45.2 Å². The first-order chi connectivity index (χ1) is 11.1. The van der Waals surface area contributed by atoms with Gasteiger partial charge in [0.25, 0.3) is 0 Å². The van der Waals surface area contributed by atoms with Crippen LogP contribution in [0.4, 0.5) is 0 Å². The van der Waals surface area contributed by atoms with Gasteiger partial charge in [0.1, 0.15) is 0 Å². The van der Waals surface area contributed by atoms with Crippen LogP contribution in [-0.2, 0) is 4.79 Å². The number of carbonyl (C=O) groups excluding carboxylic acids is 1. The van der Waals surface area contributed by atoms with Gasteiger partial charge >= 0.3 is 0 Å². The average molecular weight is 322 g/mol. The monoisotopic (exact) mass is 322 g/mol. The summed E-state index contributed by atoms with van der Waals surface area (Å²) in [6, 6.07) is 1.13. The van der Waals surface area contributed by atoms with Crippen LogP contribution in [0.25, 0.3) is 0 Å². The molecule has 0 aromatic carbocycles. The molecule has 132 valence electrons. The number of rotatable bonds is 3. The molecule has 2 unspecified atom stereocenters. The van der Waals surface area contributed by atoms with E-state index in [1.807, 2.05) is 0 Å². The molecular formula is C18H34N4O. The maximum atomic E-state index is 12.8. The van der Waals surface area contributed by atoms with Crippen LogP contribution in [-0.4, -0.2) is 85.6 Å². The second kappa shape index (κ2) is 7.95. The summed E-state index contributed by atoms with van der Waals surface area (Å²) in [7, 11) is 2.22. The van der Waals surface area contributed by atoms with Crippen molar-refractivity contribution in [3.63, 3.8) is 0 Å². The molecule has 3 aliphatic rings. The van der Waals surface area contributed by atoms with Crippen molar-refractivity contribution in [3.05, 3.63) is 0 Å². The highest BCUT2D eigenvalue weighted by Gasteiger charge is 2.32. The lowest BCUT2D eigenvalue weighted by Gasteiger charge is -2.43. The number of piperidine rings is 2. The summed E-state index contributed by atoms with van der Waals surface area (Å²) in [5.74, 6) is 0.498. The SMILES string of the molecule is CC(C(=O)N1CCN(C2CCN(C)CC2)CC1)C1CCCCN1. The van der Waals surface area contributed by atoms with Crippen molar-refractivity contribution in [2.75, 3.05) is 52.9 Å². The summed E-state index contributed by atoms with van der Waals surface area (Å²) >= 11 is 0. The number of nitrogens with zero attached hydrogens (tertiary/aromatic N) is 3. The van der Waals surface area contributed by atoms with Gasteiger partial charge in [0.2, 0.25) is 5.91 Å². The van der Waals surface area contributed by atoms with Crippen molar-refractivity contribution in [1.29, 1.82) is 0 Å². The van der Waals surface area contributed by atoms with Crippen LogP contribution in [0.15, 0.2) is 0 Å². The zero-order chi connectivity index (χ0) is 16.2. The summed E-state index contributed by atoms with van der Waals surface area (Å²) in [4.78, 5) is 20.0. The molecule has 0 aromatic heterocycles. The normalized spacial score (nSPS) is 30.3. The molecule has 3 saturated heterocycles. The molecule has 3 fully saturated rings. The minimum absolute atomic E-state index is 0.130. The lowest BCUT2D eigenvalue weighted by Crippen LogP contribution is -2.56. The third-order valence-electron chi connectivity index (χ3n) is 6.17. The van der Waals surface area contributed by atoms with Gasteiger partial charge in [-0.05, 0) is 52.4 Å². The Morgan fingerprint density at radius 2 is 1.70 bits per heavy atom. The number of piperazine rings is 1. The van der Waals surface area contributed by atoms with Gasteiger partial charge in [-0.25, -0.2) is 0 Å². The molecule has 0 bridgehead atoms. The third-order valence-corrected chi connectivity index (χ3v) is 6.17. The topological polar surface area (TPSA) is 38.8 Å². The fourth-order valence-corrected chi connectivity index (χ4v) is 4.43. The Morgan fingerprint density at radius 1 is 1.00 bits per heavy atom. The highest BCUT2D eigenvalue weighted by Crippen LogP contribution is 2.20. The van der Waals surface area contributed by atoms with Gasteiger partial charge in [-0.2, -0.15) is 0 Å². The van der Waals surface area contributed by atoms with Crippen LogP contribution in [0.1, 0.15) is 39.0 Å². The molecule has 0 aliphatic carbocycles. The zero-order valence-electron chi connectivity index (χ0n) is 15.0. The molecule has 3 aliphatic heterocycles. The summed E-state index contributed by atoms with van der Waals surface area (Å²) in [5.41, 5.74) is 0. The Labute approximate surface area is 141 Å². The second-order valence-electron chi connectivity index (χ2n) is 7.74. The van der Waals surface area contributed by atoms with E-state index in [2.05, 4.69) is 34.0 Å². The van der Waals surface area contributed by atoms with Gasteiger partial charge in [0.05, 0.1) is 5.92 Å². The third kappa shape index (κ3) is 4.25. The number of amides is 1. The summed E-state index contributed by atoms with van der Waals surface area (Å²) in [6.07, 6.45) is 6.24. The van der Waals surface area contributed by atoms with Crippen molar-refractivity contribution in [2.24, 2.45) is 5.92 Å². The fourth-order valence-electron chi connectivity index (χ4n) is 4.43. The van der Waals surface area contributed by atoms with E-state index in [1.165, 1.54) is 38.8 Å². The summed E-state index contributed by atoms with van der Waals surface area (Å²) < 4.78 is 0. The van der Waals surface area contributed by atoms with Crippen molar-refractivity contribution in [1.82, 2.24) is 20.0 Å². The van der Waals surface area contributed by atoms with Gasteiger partial charge in [-0.3, -0.25) is 9.69 Å². The van der Waals surface area contributed by atoms with E-state index < -0.39 is 0 Å². The van der Waals surface area contributed by atoms with Gasteiger partial charge < -0.3 is 15.1 Å². The zero-order valence-corrected chi connectivity index (χ0v) is 15.0. The number of hydrogen-bond donors (Lipinski definition) is 1. The minimum Gasteiger partial charge on any atom is -0.340 e. The highest BCUT2D eigenvalue weighted by molar-refractivity contribution is 5.79. The Balaban J connectivity index is 1.45. The number of carbonyl (C=O) groups is 1. The van der Waals surface area contributed by atoms with Gasteiger partial charge in [-0.1, -0.05) is 13.3 Å². The molecule has 3 rings (SSSR count). The van der Waals surface area contributed by atoms with Crippen molar-refractivity contribution in [2.45, 2.75) is 51.1 Å². The molecule has 1 amide bonds. The summed E-state index contributed by atoms with van der Waals surface area (Å²) in [6.45, 7) is 9.59. The van der Waals surface area contributed by atoms with Crippen LogP contribution < -0.4 is 5.32 Å². The quantitative estimate of drug-likeness (QED) is 0.841. The van der Waals surface area contributed by atoms with E-state index in [9.17, 15) is 4.79 Å². The first-order valence-corrected chi connectivity index (χ1v) is 9.60. The predicted molar refractivity (Wildman–Crippen MR) is 93.5 cm³/mol. The second-order valence-corrected chi connectivity index (χ2v) is 7.74. The molecule has 5 nitrogen and oxygen atoms in total. The smallest absolute Gasteiger partial charge is 0.227 e. The Morgan fingerprint density at radius 3 is 2.30 bits per heavy atom. The van der Waals surface area contributed by atoms with Crippen molar-refractivity contribution in [3.8, 4) is 0 Å². The van der Waals surface area contributed by atoms with E-state index in [4.69, 9.17) is 0 Å². The molecule has 23 heavy (non-hydrogen) atoms. The highest BCUT2D eigenvalue weighted by atomic mass is 16.2. The first-order valence-electron chi connectivity index (χ1n) is 9.60. The Bertz CT molecular complexity index is 380. The first kappa shape index (κ1) is 17.2. The van der Waals surface area contributed by atoms with Crippen molar-refractivity contribution >= 4 is 5.91 Å². The molecule has 0 aromatic rings. The Hall–Kier alpha value is -0.650. The molecular weight excluding hydrogens is 288 g/mol. The molecule has 3 heterocycles. The van der Waals surface area contributed by atoms with Crippen LogP contribution in [0.2, 0.25) is 0 Å². The van der Waals surface area contributed by atoms with E-state index in [1.54, 1.807) is 0 Å². The molecule has 0 spiro atoms. The van der Waals surface area contributed by atoms with Crippen molar-refractivity contribution < 1.29 is 4.79 Å². The fraction of sp³-hybridized carbons (Fsp3) is 0.944. The predicted octanol–water partition coefficient (Wildman–Crippen LogP) is 1.00. The maximum Gasteiger partial charge on any atom is 0.227 e. The lowest BCUT2D eigenvalue weighted by molar-refractivity contribution is -0.138. The molecule has 2 atom stereocenters. The van der Waals surface area contributed by atoms with E-state index in [-0.39, 0.29) is 5.92 Å². The van der Waals surface area contributed by atoms with Gasteiger partial charge in [0.15, 0.2) is 0 Å². The van der Waals surface area contributed by atoms with Crippen LogP contribution >= 0.6 is 0 Å². The average Bonchev–Trinajstić information content (AvgIpc) is 2.62. The van der Waals surface area contributed by atoms with Gasteiger partial charge in [0, 0.05) is 38.3 Å². The maximum absolute atomic E-state index is 12.8. The molecule has 0 saturated carbocycles. The summed E-state index contributed by atoms with van der Waals surface area (Å²) in [5, 5.41) is 3.54. The molecule has 0 radical (unpaired) electrons. The molecule has 5 heteroatoms. The standard InChI is InChI=1S/C18H34N4O/c1-15(17-5-3-4-8-19-17)18(23)22-13-11-21(12-14-22)16-6-9-20(2)10-7-16/h15-17,19H,3-14H2,1-2H3. The largest absolute Gasteiger partial charge is 0.340 e. The minimum atomic E-state index is 0.130. The number of hydrogen-bond acceptors (Lipinski definition) is 4. The van der Waals surface area contributed by atoms with E-state index >= 15 is 0 Å². The van der Waals surface area contributed by atoms with Crippen LogP contribution in [0.3, 0.4) is 0 Å². The van der Waals surface area contributed by atoms with Crippen LogP contribution in [0, 0.1) is 5.92 Å². The lowest BCUT2D eigenvalue weighted by atomic mass is 9.92. The van der Waals surface area contributed by atoms with Gasteiger partial charge in [-0.15, -0.1) is 0 Å².